The van der Waals surface area contributed by atoms with Gasteiger partial charge < -0.3 is 20.1 Å². The van der Waals surface area contributed by atoms with Crippen molar-refractivity contribution in [1.29, 1.82) is 0 Å². The highest BCUT2D eigenvalue weighted by Crippen LogP contribution is 2.39. The molecule has 1 aliphatic heterocycles. The lowest BCUT2D eigenvalue weighted by atomic mass is 9.97. The summed E-state index contributed by atoms with van der Waals surface area (Å²) in [6, 6.07) is 0. The first-order chi connectivity index (χ1) is 11.0. The van der Waals surface area contributed by atoms with Crippen LogP contribution < -0.4 is 10.6 Å². The third-order valence-electron chi connectivity index (χ3n) is 4.03. The second-order valence-corrected chi connectivity index (χ2v) is 6.54. The molecule has 1 aliphatic rings. The Balaban J connectivity index is 2.08. The summed E-state index contributed by atoms with van der Waals surface area (Å²) in [4.78, 5) is 26.0. The van der Waals surface area contributed by atoms with E-state index in [1.165, 1.54) is 11.3 Å². The van der Waals surface area contributed by atoms with Crippen LogP contribution in [0.25, 0.3) is 0 Å². The molecule has 1 fully saturated rings. The molecule has 128 valence electrons. The lowest BCUT2D eigenvalue weighted by Gasteiger charge is -2.32. The number of carbonyl (C=O) groups excluding carboxylic acids is 2. The van der Waals surface area contributed by atoms with Gasteiger partial charge in [-0.2, -0.15) is 0 Å². The lowest BCUT2D eigenvalue weighted by molar-refractivity contribution is -0.148. The highest BCUT2D eigenvalue weighted by molar-refractivity contribution is 7.20. The van der Waals surface area contributed by atoms with E-state index in [1.807, 2.05) is 13.8 Å². The van der Waals surface area contributed by atoms with E-state index in [4.69, 9.17) is 15.2 Å². The minimum Gasteiger partial charge on any atom is -0.466 e. The van der Waals surface area contributed by atoms with Crippen LogP contribution in [0.4, 0.5) is 10.0 Å². The molecule has 6 nitrogen and oxygen atoms in total. The van der Waals surface area contributed by atoms with Crippen molar-refractivity contribution < 1.29 is 19.1 Å². The Morgan fingerprint density at radius 1 is 1.22 bits per heavy atom. The van der Waals surface area contributed by atoms with Crippen LogP contribution in [0.3, 0.4) is 0 Å². The molecule has 0 spiro atoms. The first-order valence-corrected chi connectivity index (χ1v) is 8.78. The van der Waals surface area contributed by atoms with Gasteiger partial charge in [-0.1, -0.05) is 0 Å². The fourth-order valence-corrected chi connectivity index (χ4v) is 3.97. The van der Waals surface area contributed by atoms with Crippen LogP contribution in [0.1, 0.15) is 42.6 Å². The van der Waals surface area contributed by atoms with Crippen molar-refractivity contribution in [3.05, 3.63) is 11.1 Å². The van der Waals surface area contributed by atoms with E-state index in [-0.39, 0.29) is 17.9 Å². The van der Waals surface area contributed by atoms with Gasteiger partial charge in [0.1, 0.15) is 5.00 Å². The number of thiophene rings is 1. The second kappa shape index (κ2) is 7.68. The molecule has 1 saturated heterocycles. The summed E-state index contributed by atoms with van der Waals surface area (Å²) in [6.07, 6.45) is 1.51. The van der Waals surface area contributed by atoms with Crippen LogP contribution in [-0.4, -0.2) is 38.2 Å². The van der Waals surface area contributed by atoms with Crippen LogP contribution in [0, 0.1) is 12.8 Å². The fraction of sp³-hybridized carbons (Fsp3) is 0.625. The maximum absolute atomic E-state index is 12.0. The zero-order valence-corrected chi connectivity index (χ0v) is 14.7. The van der Waals surface area contributed by atoms with E-state index >= 15 is 0 Å². The molecule has 1 aromatic rings. The van der Waals surface area contributed by atoms with Gasteiger partial charge in [-0.3, -0.25) is 4.79 Å². The normalized spacial score (nSPS) is 15.5. The molecule has 2 N–H and O–H groups in total. The molecule has 2 heterocycles. The van der Waals surface area contributed by atoms with E-state index in [2.05, 4.69) is 4.90 Å². The van der Waals surface area contributed by atoms with Crippen LogP contribution in [0.15, 0.2) is 0 Å². The maximum atomic E-state index is 12.0. The summed E-state index contributed by atoms with van der Waals surface area (Å²) in [6.45, 7) is 7.75. The van der Waals surface area contributed by atoms with Crippen LogP contribution >= 0.6 is 11.3 Å². The van der Waals surface area contributed by atoms with Crippen LogP contribution in [0.5, 0.6) is 0 Å². The summed E-state index contributed by atoms with van der Waals surface area (Å²) in [5, 5.41) is 1.48. The number of esters is 2. The molecule has 2 rings (SSSR count). The van der Waals surface area contributed by atoms with Gasteiger partial charge in [0.2, 0.25) is 0 Å². The first-order valence-electron chi connectivity index (χ1n) is 7.97. The Morgan fingerprint density at radius 3 is 2.39 bits per heavy atom. The van der Waals surface area contributed by atoms with Gasteiger partial charge in [-0.05, 0) is 33.6 Å². The van der Waals surface area contributed by atoms with Crippen molar-refractivity contribution in [1.82, 2.24) is 0 Å². The van der Waals surface area contributed by atoms with Crippen molar-refractivity contribution in [2.24, 2.45) is 5.92 Å². The summed E-state index contributed by atoms with van der Waals surface area (Å²) < 4.78 is 10.2. The molecule has 0 aliphatic carbocycles. The predicted molar refractivity (Wildman–Crippen MR) is 91.0 cm³/mol. The average molecular weight is 340 g/mol. The van der Waals surface area contributed by atoms with E-state index in [0.717, 1.165) is 36.5 Å². The lowest BCUT2D eigenvalue weighted by Crippen LogP contribution is -2.36. The first kappa shape index (κ1) is 17.6. The number of piperidine rings is 1. The number of nitrogen functional groups attached to an aromatic ring is 1. The van der Waals surface area contributed by atoms with Gasteiger partial charge >= 0.3 is 11.9 Å². The number of nitrogens with zero attached hydrogens (tertiary/aromatic N) is 1. The predicted octanol–water partition coefficient (Wildman–Crippen LogP) is 2.59. The topological polar surface area (TPSA) is 81.9 Å². The standard InChI is InChI=1S/C16H24N2O4S/c1-4-21-15(19)11-6-8-18(9-7-11)14-10(3)12(13(17)23-14)16(20)22-5-2/h11H,4-9,17H2,1-3H3. The van der Waals surface area contributed by atoms with Gasteiger partial charge in [0.25, 0.3) is 0 Å². The van der Waals surface area contributed by atoms with E-state index in [0.29, 0.717) is 23.8 Å². The summed E-state index contributed by atoms with van der Waals surface area (Å²) in [5.74, 6) is -0.512. The number of rotatable bonds is 5. The quantitative estimate of drug-likeness (QED) is 0.830. The van der Waals surface area contributed by atoms with Gasteiger partial charge in [0.05, 0.1) is 29.7 Å². The number of hydrogen-bond acceptors (Lipinski definition) is 7. The Morgan fingerprint density at radius 2 is 1.83 bits per heavy atom. The minimum atomic E-state index is -0.369. The number of hydrogen-bond donors (Lipinski definition) is 1. The third-order valence-corrected chi connectivity index (χ3v) is 5.21. The number of nitrogens with two attached hydrogens (primary N) is 1. The summed E-state index contributed by atoms with van der Waals surface area (Å²) in [7, 11) is 0. The molecule has 7 heteroatoms. The molecule has 0 unspecified atom stereocenters. The second-order valence-electron chi connectivity index (χ2n) is 5.51. The number of carbonyl (C=O) groups is 2. The molecule has 0 aromatic carbocycles. The maximum Gasteiger partial charge on any atom is 0.341 e. The highest BCUT2D eigenvalue weighted by atomic mass is 32.1. The molecule has 0 radical (unpaired) electrons. The van der Waals surface area contributed by atoms with Crippen molar-refractivity contribution >= 4 is 33.3 Å². The van der Waals surface area contributed by atoms with Crippen LogP contribution in [0.2, 0.25) is 0 Å². The molecule has 0 amide bonds. The van der Waals surface area contributed by atoms with Gasteiger partial charge in [0.15, 0.2) is 0 Å². The molecule has 1 aromatic heterocycles. The Labute approximate surface area is 140 Å². The summed E-state index contributed by atoms with van der Waals surface area (Å²) in [5.41, 5.74) is 7.35. The van der Waals surface area contributed by atoms with Gasteiger partial charge in [-0.25, -0.2) is 4.79 Å². The number of anilines is 2. The Hall–Kier alpha value is -1.76. The summed E-state index contributed by atoms with van der Waals surface area (Å²) >= 11 is 1.41. The monoisotopic (exact) mass is 340 g/mol. The average Bonchev–Trinajstić information content (AvgIpc) is 2.83. The van der Waals surface area contributed by atoms with Gasteiger partial charge in [0, 0.05) is 18.7 Å². The van der Waals surface area contributed by atoms with E-state index in [9.17, 15) is 9.59 Å². The molecule has 0 bridgehead atoms. The van der Waals surface area contributed by atoms with Crippen LogP contribution in [-0.2, 0) is 14.3 Å². The molecular formula is C16H24N2O4S. The van der Waals surface area contributed by atoms with E-state index < -0.39 is 0 Å². The zero-order chi connectivity index (χ0) is 17.0. The van der Waals surface area contributed by atoms with Crippen molar-refractivity contribution in [3.63, 3.8) is 0 Å². The van der Waals surface area contributed by atoms with Gasteiger partial charge in [-0.15, -0.1) is 11.3 Å². The zero-order valence-electron chi connectivity index (χ0n) is 13.9. The van der Waals surface area contributed by atoms with Crippen molar-refractivity contribution in [3.8, 4) is 0 Å². The third kappa shape index (κ3) is 3.77. The SMILES string of the molecule is CCOC(=O)c1c(N)sc(N2CCC(C(=O)OCC)CC2)c1C. The molecule has 0 saturated carbocycles. The Bertz CT molecular complexity index is 577. The highest BCUT2D eigenvalue weighted by Gasteiger charge is 2.29. The van der Waals surface area contributed by atoms with Crippen molar-refractivity contribution in [2.75, 3.05) is 36.9 Å². The molecular weight excluding hydrogens is 316 g/mol. The molecule has 0 atom stereocenters. The number of ether oxygens (including phenoxy) is 2. The smallest absolute Gasteiger partial charge is 0.341 e. The largest absolute Gasteiger partial charge is 0.466 e. The Kier molecular flexibility index (Phi) is 5.87. The van der Waals surface area contributed by atoms with Crippen molar-refractivity contribution in [2.45, 2.75) is 33.6 Å². The van der Waals surface area contributed by atoms with E-state index in [1.54, 1.807) is 6.92 Å². The minimum absolute atomic E-state index is 0.0339. The molecule has 23 heavy (non-hydrogen) atoms. The fourth-order valence-electron chi connectivity index (χ4n) is 2.86.